The number of carbonyl (C=O) groups is 1. The van der Waals surface area contributed by atoms with Gasteiger partial charge in [-0.1, -0.05) is 41.9 Å². The quantitative estimate of drug-likeness (QED) is 0.815. The fourth-order valence-electron chi connectivity index (χ4n) is 2.46. The van der Waals surface area contributed by atoms with E-state index in [0.717, 1.165) is 11.3 Å². The molecule has 0 fully saturated rings. The molecule has 0 saturated heterocycles. The maximum absolute atomic E-state index is 11.7. The van der Waals surface area contributed by atoms with E-state index >= 15 is 0 Å². The van der Waals surface area contributed by atoms with E-state index < -0.39 is 0 Å². The molecule has 0 N–H and O–H groups in total. The van der Waals surface area contributed by atoms with Gasteiger partial charge in [0, 0.05) is 23.3 Å². The Morgan fingerprint density at radius 3 is 2.40 bits per heavy atom. The van der Waals surface area contributed by atoms with Gasteiger partial charge in [-0.25, -0.2) is 0 Å². The third-order valence-electron chi connectivity index (χ3n) is 3.46. The van der Waals surface area contributed by atoms with Gasteiger partial charge in [0.1, 0.15) is 0 Å². The van der Waals surface area contributed by atoms with Crippen LogP contribution in [0.2, 0.25) is 5.02 Å². The molecule has 1 heterocycles. The Kier molecular flexibility index (Phi) is 3.57. The van der Waals surface area contributed by atoms with E-state index in [1.807, 2.05) is 48.7 Å². The molecule has 0 bridgehead atoms. The number of hydrogen-bond acceptors (Lipinski definition) is 2. The average molecular weight is 284 g/mol. The van der Waals surface area contributed by atoms with Crippen molar-refractivity contribution in [2.75, 3.05) is 4.90 Å². The van der Waals surface area contributed by atoms with Gasteiger partial charge in [-0.05, 0) is 35.9 Å². The highest BCUT2D eigenvalue weighted by molar-refractivity contribution is 6.30. The van der Waals surface area contributed by atoms with Crippen molar-refractivity contribution < 1.29 is 4.79 Å². The predicted molar refractivity (Wildman–Crippen MR) is 81.9 cm³/mol. The van der Waals surface area contributed by atoms with Crippen LogP contribution in [0.25, 0.3) is 0 Å². The zero-order valence-electron chi connectivity index (χ0n) is 10.9. The Bertz CT molecular complexity index is 634. The van der Waals surface area contributed by atoms with Crippen molar-refractivity contribution in [3.8, 4) is 0 Å². The van der Waals surface area contributed by atoms with Gasteiger partial charge in [-0.15, -0.1) is 0 Å². The minimum absolute atomic E-state index is 0.0369. The first-order valence-corrected chi connectivity index (χ1v) is 6.92. The third-order valence-corrected chi connectivity index (χ3v) is 3.71. The van der Waals surface area contributed by atoms with Crippen LogP contribution in [0.4, 0.5) is 5.69 Å². The molecule has 1 atom stereocenters. The summed E-state index contributed by atoms with van der Waals surface area (Å²) in [7, 11) is 0. The monoisotopic (exact) mass is 283 g/mol. The molecule has 20 heavy (non-hydrogen) atoms. The molecule has 0 aromatic heterocycles. The molecule has 3 heteroatoms. The number of benzene rings is 2. The molecule has 100 valence electrons. The molecule has 0 aliphatic carbocycles. The first-order valence-electron chi connectivity index (χ1n) is 6.54. The summed E-state index contributed by atoms with van der Waals surface area (Å²) in [6, 6.07) is 17.8. The van der Waals surface area contributed by atoms with Crippen LogP contribution in [-0.4, -0.2) is 5.78 Å². The molecular formula is C17H14ClNO. The van der Waals surface area contributed by atoms with Crippen LogP contribution in [0.1, 0.15) is 18.0 Å². The highest BCUT2D eigenvalue weighted by Crippen LogP contribution is 2.33. The van der Waals surface area contributed by atoms with Crippen LogP contribution in [0.5, 0.6) is 0 Å². The Hall–Kier alpha value is -2.06. The molecule has 0 spiro atoms. The van der Waals surface area contributed by atoms with E-state index in [4.69, 9.17) is 11.6 Å². The van der Waals surface area contributed by atoms with Gasteiger partial charge in [-0.3, -0.25) is 4.79 Å². The Balaban J connectivity index is 2.00. The van der Waals surface area contributed by atoms with E-state index in [1.165, 1.54) is 0 Å². The van der Waals surface area contributed by atoms with Crippen molar-refractivity contribution in [1.29, 1.82) is 0 Å². The topological polar surface area (TPSA) is 20.3 Å². The van der Waals surface area contributed by atoms with Crippen LogP contribution in [0.3, 0.4) is 0 Å². The lowest BCUT2D eigenvalue weighted by atomic mass is 9.97. The van der Waals surface area contributed by atoms with Gasteiger partial charge in [0.15, 0.2) is 5.78 Å². The zero-order chi connectivity index (χ0) is 13.9. The maximum atomic E-state index is 11.7. The lowest BCUT2D eigenvalue weighted by Crippen LogP contribution is -2.28. The van der Waals surface area contributed by atoms with E-state index in [2.05, 4.69) is 17.0 Å². The average Bonchev–Trinajstić information content (AvgIpc) is 2.49. The van der Waals surface area contributed by atoms with Gasteiger partial charge in [0.05, 0.1) is 6.04 Å². The highest BCUT2D eigenvalue weighted by Gasteiger charge is 2.24. The van der Waals surface area contributed by atoms with Crippen LogP contribution < -0.4 is 4.90 Å². The third kappa shape index (κ3) is 2.61. The standard InChI is InChI=1S/C17H14ClNO/c18-14-6-8-15(9-7-14)19-11-10-16(20)12-17(19)13-4-2-1-3-5-13/h1-11,17H,12H2. The molecule has 3 rings (SSSR count). The lowest BCUT2D eigenvalue weighted by Gasteiger charge is -2.33. The van der Waals surface area contributed by atoms with Gasteiger partial charge in [0.2, 0.25) is 0 Å². The first kappa shape index (κ1) is 12.9. The SMILES string of the molecule is O=C1C=CN(c2ccc(Cl)cc2)C(c2ccccc2)C1. The summed E-state index contributed by atoms with van der Waals surface area (Å²) in [5.41, 5.74) is 2.17. The van der Waals surface area contributed by atoms with Gasteiger partial charge >= 0.3 is 0 Å². The number of ketones is 1. The maximum Gasteiger partial charge on any atom is 0.159 e. The summed E-state index contributed by atoms with van der Waals surface area (Å²) >= 11 is 5.94. The predicted octanol–water partition coefficient (Wildman–Crippen LogP) is 4.37. The number of carbonyl (C=O) groups excluding carboxylic acids is 1. The summed E-state index contributed by atoms with van der Waals surface area (Å²) < 4.78 is 0. The molecule has 1 aliphatic heterocycles. The summed E-state index contributed by atoms with van der Waals surface area (Å²) in [5, 5.41) is 0.710. The Labute approximate surface area is 123 Å². The first-order chi connectivity index (χ1) is 9.74. The largest absolute Gasteiger partial charge is 0.340 e. The van der Waals surface area contributed by atoms with Crippen LogP contribution >= 0.6 is 11.6 Å². The van der Waals surface area contributed by atoms with Gasteiger partial charge in [-0.2, -0.15) is 0 Å². The second kappa shape index (κ2) is 5.51. The molecule has 0 amide bonds. The van der Waals surface area contributed by atoms with Gasteiger partial charge in [0.25, 0.3) is 0 Å². The fourth-order valence-corrected chi connectivity index (χ4v) is 2.58. The molecule has 2 aromatic carbocycles. The van der Waals surface area contributed by atoms with Gasteiger partial charge < -0.3 is 4.90 Å². The molecule has 2 aromatic rings. The van der Waals surface area contributed by atoms with E-state index in [-0.39, 0.29) is 11.8 Å². The minimum atomic E-state index is 0.0369. The van der Waals surface area contributed by atoms with Crippen molar-refractivity contribution >= 4 is 23.1 Å². The molecule has 1 aliphatic rings. The van der Waals surface area contributed by atoms with E-state index in [1.54, 1.807) is 6.08 Å². The summed E-state index contributed by atoms with van der Waals surface area (Å²) in [4.78, 5) is 13.9. The summed E-state index contributed by atoms with van der Waals surface area (Å²) in [5.74, 6) is 0.157. The number of allylic oxidation sites excluding steroid dienone is 1. The van der Waals surface area contributed by atoms with Crippen molar-refractivity contribution in [2.24, 2.45) is 0 Å². The normalized spacial score (nSPS) is 18.4. The van der Waals surface area contributed by atoms with E-state index in [0.29, 0.717) is 11.4 Å². The van der Waals surface area contributed by atoms with Crippen LogP contribution in [0.15, 0.2) is 66.9 Å². The number of hydrogen-bond donors (Lipinski definition) is 0. The summed E-state index contributed by atoms with van der Waals surface area (Å²) in [6.45, 7) is 0. The smallest absolute Gasteiger partial charge is 0.159 e. The van der Waals surface area contributed by atoms with Crippen LogP contribution in [0, 0.1) is 0 Å². The molecule has 0 radical (unpaired) electrons. The lowest BCUT2D eigenvalue weighted by molar-refractivity contribution is -0.115. The molecule has 1 unspecified atom stereocenters. The molecular weight excluding hydrogens is 270 g/mol. The van der Waals surface area contributed by atoms with Crippen molar-refractivity contribution in [3.63, 3.8) is 0 Å². The van der Waals surface area contributed by atoms with Crippen LogP contribution in [-0.2, 0) is 4.79 Å². The van der Waals surface area contributed by atoms with E-state index in [9.17, 15) is 4.79 Å². The molecule has 2 nitrogen and oxygen atoms in total. The van der Waals surface area contributed by atoms with Crippen molar-refractivity contribution in [3.05, 3.63) is 77.5 Å². The Morgan fingerprint density at radius 1 is 1.00 bits per heavy atom. The van der Waals surface area contributed by atoms with Crippen molar-refractivity contribution in [1.82, 2.24) is 0 Å². The van der Waals surface area contributed by atoms with Crippen molar-refractivity contribution in [2.45, 2.75) is 12.5 Å². The second-order valence-corrected chi connectivity index (χ2v) is 5.23. The fraction of sp³-hybridized carbons (Fsp3) is 0.118. The zero-order valence-corrected chi connectivity index (χ0v) is 11.6. The number of anilines is 1. The number of nitrogens with zero attached hydrogens (tertiary/aromatic N) is 1. The second-order valence-electron chi connectivity index (χ2n) is 4.80. The number of halogens is 1. The minimum Gasteiger partial charge on any atom is -0.340 e. The Morgan fingerprint density at radius 2 is 1.70 bits per heavy atom. The summed E-state index contributed by atoms with van der Waals surface area (Å²) in [6.07, 6.45) is 3.98. The molecule has 0 saturated carbocycles. The highest BCUT2D eigenvalue weighted by atomic mass is 35.5. The number of rotatable bonds is 2.